The number of hydrogen-bond donors (Lipinski definition) is 1. The van der Waals surface area contributed by atoms with Crippen LogP contribution in [0.4, 0.5) is 5.69 Å². The molecular formula is C22H19N3O5. The molecule has 0 aliphatic carbocycles. The zero-order chi connectivity index (χ0) is 21.7. The van der Waals surface area contributed by atoms with E-state index in [9.17, 15) is 19.2 Å². The van der Waals surface area contributed by atoms with Crippen molar-refractivity contribution in [3.05, 3.63) is 65.2 Å². The summed E-state index contributed by atoms with van der Waals surface area (Å²) in [5, 5.41) is 11.5. The molecule has 8 heteroatoms. The zero-order valence-electron chi connectivity index (χ0n) is 16.3. The second kappa shape index (κ2) is 9.01. The van der Waals surface area contributed by atoms with Gasteiger partial charge in [0, 0.05) is 17.8 Å². The molecule has 152 valence electrons. The van der Waals surface area contributed by atoms with Crippen molar-refractivity contribution >= 4 is 29.4 Å². The molecule has 0 spiro atoms. The molecule has 1 N–H and O–H groups in total. The third-order valence-electron chi connectivity index (χ3n) is 4.61. The average Bonchev–Trinajstić information content (AvgIpc) is 2.73. The van der Waals surface area contributed by atoms with Crippen LogP contribution in [0.2, 0.25) is 0 Å². The maximum absolute atomic E-state index is 12.5. The van der Waals surface area contributed by atoms with E-state index in [0.717, 1.165) is 4.90 Å². The molecule has 1 aliphatic heterocycles. The molecule has 8 nitrogen and oxygen atoms in total. The molecule has 3 amide bonds. The minimum atomic E-state index is -1.09. The average molecular weight is 405 g/mol. The number of amides is 3. The quantitative estimate of drug-likeness (QED) is 0.581. The van der Waals surface area contributed by atoms with Gasteiger partial charge in [0.15, 0.2) is 6.10 Å². The molecule has 0 saturated carbocycles. The van der Waals surface area contributed by atoms with Gasteiger partial charge in [-0.2, -0.15) is 5.26 Å². The number of nitrogens with one attached hydrogen (secondary N) is 1. The smallest absolute Gasteiger partial charge is 0.308 e. The van der Waals surface area contributed by atoms with E-state index in [2.05, 4.69) is 5.32 Å². The molecule has 0 radical (unpaired) electrons. The number of nitrogens with zero attached hydrogens (tertiary/aromatic N) is 2. The van der Waals surface area contributed by atoms with Crippen molar-refractivity contribution in [2.24, 2.45) is 0 Å². The Bertz CT molecular complexity index is 1060. The number of nitriles is 1. The summed E-state index contributed by atoms with van der Waals surface area (Å²) in [4.78, 5) is 50.1. The minimum Gasteiger partial charge on any atom is -0.452 e. The van der Waals surface area contributed by atoms with Gasteiger partial charge in [0.2, 0.25) is 5.91 Å². The highest BCUT2D eigenvalue weighted by atomic mass is 16.5. The highest BCUT2D eigenvalue weighted by Crippen LogP contribution is 2.20. The number of benzene rings is 2. The van der Waals surface area contributed by atoms with Gasteiger partial charge in [-0.15, -0.1) is 0 Å². The summed E-state index contributed by atoms with van der Waals surface area (Å²) in [6.45, 7) is 1.29. The summed E-state index contributed by atoms with van der Waals surface area (Å²) in [7, 11) is 0. The van der Waals surface area contributed by atoms with Crippen molar-refractivity contribution in [2.45, 2.75) is 25.9 Å². The number of hydrogen-bond acceptors (Lipinski definition) is 6. The summed E-state index contributed by atoms with van der Waals surface area (Å²) in [6, 6.07) is 15.1. The van der Waals surface area contributed by atoms with E-state index >= 15 is 0 Å². The summed E-state index contributed by atoms with van der Waals surface area (Å²) in [5.41, 5.74) is 1.90. The van der Waals surface area contributed by atoms with Gasteiger partial charge in [0.05, 0.1) is 24.5 Å². The van der Waals surface area contributed by atoms with Crippen LogP contribution < -0.4 is 5.32 Å². The van der Waals surface area contributed by atoms with Gasteiger partial charge in [-0.1, -0.05) is 24.3 Å². The van der Waals surface area contributed by atoms with Crippen LogP contribution in [0.15, 0.2) is 48.5 Å². The fourth-order valence-corrected chi connectivity index (χ4v) is 3.05. The molecule has 2 aromatic rings. The van der Waals surface area contributed by atoms with Crippen molar-refractivity contribution in [2.75, 3.05) is 11.9 Å². The van der Waals surface area contributed by atoms with Gasteiger partial charge in [-0.05, 0) is 36.8 Å². The fourth-order valence-electron chi connectivity index (χ4n) is 3.05. The number of ether oxygens (including phenoxy) is 1. The number of carbonyl (C=O) groups excluding carboxylic acids is 4. The topological polar surface area (TPSA) is 117 Å². The highest BCUT2D eigenvalue weighted by molar-refractivity contribution is 6.09. The Morgan fingerprint density at radius 3 is 2.73 bits per heavy atom. The molecule has 0 aromatic heterocycles. The summed E-state index contributed by atoms with van der Waals surface area (Å²) < 4.78 is 5.11. The molecule has 30 heavy (non-hydrogen) atoms. The van der Waals surface area contributed by atoms with Gasteiger partial charge in [0.1, 0.15) is 0 Å². The molecule has 1 heterocycles. The Morgan fingerprint density at radius 1 is 1.20 bits per heavy atom. The predicted octanol–water partition coefficient (Wildman–Crippen LogP) is 2.04. The van der Waals surface area contributed by atoms with Gasteiger partial charge >= 0.3 is 5.97 Å². The van der Waals surface area contributed by atoms with Crippen LogP contribution >= 0.6 is 0 Å². The first-order valence-electron chi connectivity index (χ1n) is 9.32. The number of imide groups is 1. The Balaban J connectivity index is 1.53. The summed E-state index contributed by atoms with van der Waals surface area (Å²) in [6.07, 6.45) is -1.21. The molecule has 1 atom stereocenters. The largest absolute Gasteiger partial charge is 0.452 e. The molecule has 1 aliphatic rings. The van der Waals surface area contributed by atoms with Crippen molar-refractivity contribution in [3.8, 4) is 6.07 Å². The SMILES string of the molecule is C[C@@H](OC(=O)CCN1C(=O)Cc2ccccc2C1=O)C(=O)Nc1cccc(C#N)c1. The summed E-state index contributed by atoms with van der Waals surface area (Å²) in [5.74, 6) is -2.09. The zero-order valence-corrected chi connectivity index (χ0v) is 16.3. The first-order valence-corrected chi connectivity index (χ1v) is 9.32. The Kier molecular flexibility index (Phi) is 6.23. The van der Waals surface area contributed by atoms with Crippen LogP contribution in [0.3, 0.4) is 0 Å². The van der Waals surface area contributed by atoms with Crippen LogP contribution in [0, 0.1) is 11.3 Å². The van der Waals surface area contributed by atoms with E-state index in [4.69, 9.17) is 10.00 Å². The van der Waals surface area contributed by atoms with E-state index in [1.807, 2.05) is 6.07 Å². The number of carbonyl (C=O) groups is 4. The number of fused-ring (bicyclic) bond motifs is 1. The molecule has 2 aromatic carbocycles. The standard InChI is InChI=1S/C22H19N3O5/c1-14(21(28)24-17-7-4-5-15(11-17)13-23)30-20(27)9-10-25-19(26)12-16-6-2-3-8-18(16)22(25)29/h2-8,11,14H,9-10,12H2,1H3,(H,24,28)/t14-/m1/s1. The van der Waals surface area contributed by atoms with Crippen molar-refractivity contribution in [1.29, 1.82) is 5.26 Å². The van der Waals surface area contributed by atoms with E-state index in [1.54, 1.807) is 42.5 Å². The normalized spacial score (nSPS) is 13.8. The lowest BCUT2D eigenvalue weighted by atomic mass is 9.98. The maximum Gasteiger partial charge on any atom is 0.308 e. The van der Waals surface area contributed by atoms with E-state index in [-0.39, 0.29) is 25.3 Å². The Hall–Kier alpha value is -3.99. The maximum atomic E-state index is 12.5. The van der Waals surface area contributed by atoms with Crippen LogP contribution in [-0.2, 0) is 25.5 Å². The Labute approximate surface area is 173 Å². The van der Waals surface area contributed by atoms with Crippen molar-refractivity contribution < 1.29 is 23.9 Å². The summed E-state index contributed by atoms with van der Waals surface area (Å²) >= 11 is 0. The van der Waals surface area contributed by atoms with E-state index in [1.165, 1.54) is 13.0 Å². The fraction of sp³-hybridized carbons (Fsp3) is 0.227. The Morgan fingerprint density at radius 2 is 1.97 bits per heavy atom. The molecule has 0 saturated heterocycles. The van der Waals surface area contributed by atoms with Crippen molar-refractivity contribution in [3.63, 3.8) is 0 Å². The van der Waals surface area contributed by atoms with Crippen LogP contribution in [-0.4, -0.2) is 41.2 Å². The lowest BCUT2D eigenvalue weighted by Gasteiger charge is -2.26. The van der Waals surface area contributed by atoms with Crippen molar-refractivity contribution in [1.82, 2.24) is 4.90 Å². The molecule has 0 fully saturated rings. The van der Waals surface area contributed by atoms with Crippen LogP contribution in [0.25, 0.3) is 0 Å². The lowest BCUT2D eigenvalue weighted by Crippen LogP contribution is -2.43. The van der Waals surface area contributed by atoms with Gasteiger partial charge < -0.3 is 10.1 Å². The molecule has 0 bridgehead atoms. The number of esters is 1. The molecule has 3 rings (SSSR count). The van der Waals surface area contributed by atoms with Crippen LogP contribution in [0.1, 0.15) is 34.8 Å². The van der Waals surface area contributed by atoms with E-state index in [0.29, 0.717) is 22.4 Å². The second-order valence-electron chi connectivity index (χ2n) is 6.75. The van der Waals surface area contributed by atoms with Gasteiger partial charge in [-0.25, -0.2) is 0 Å². The lowest BCUT2D eigenvalue weighted by molar-refractivity contribution is -0.153. The highest BCUT2D eigenvalue weighted by Gasteiger charge is 2.31. The first kappa shape index (κ1) is 20.7. The minimum absolute atomic E-state index is 0.0948. The third kappa shape index (κ3) is 4.70. The molecular weight excluding hydrogens is 386 g/mol. The third-order valence-corrected chi connectivity index (χ3v) is 4.61. The van der Waals surface area contributed by atoms with Gasteiger partial charge in [-0.3, -0.25) is 24.1 Å². The van der Waals surface area contributed by atoms with Gasteiger partial charge in [0.25, 0.3) is 11.8 Å². The van der Waals surface area contributed by atoms with E-state index < -0.39 is 23.9 Å². The monoisotopic (exact) mass is 405 g/mol. The number of rotatable bonds is 6. The first-order chi connectivity index (χ1) is 14.4. The second-order valence-corrected chi connectivity index (χ2v) is 6.75. The van der Waals surface area contributed by atoms with Crippen LogP contribution in [0.5, 0.6) is 0 Å². The molecule has 0 unspecified atom stereocenters. The number of anilines is 1. The predicted molar refractivity (Wildman–Crippen MR) is 106 cm³/mol.